The largest absolute Gasteiger partial charge is 0.310 e. The maximum Gasteiger partial charge on any atom is 0.248 e. The van der Waals surface area contributed by atoms with Gasteiger partial charge in [0.1, 0.15) is 6.54 Å². The second kappa shape index (κ2) is 10.5. The number of fused-ring (bicyclic) bond motifs is 1. The summed E-state index contributed by atoms with van der Waals surface area (Å²) in [5.74, 6) is 0.0250. The number of carbonyl (C=O) groups is 1. The molecule has 1 N–H and O–H groups in total. The Morgan fingerprint density at radius 2 is 1.74 bits per heavy atom. The van der Waals surface area contributed by atoms with Gasteiger partial charge in [-0.1, -0.05) is 72.3 Å². The Hall–Kier alpha value is -2.99. The highest BCUT2D eigenvalue weighted by molar-refractivity contribution is 6.32. The molecule has 0 spiro atoms. The van der Waals surface area contributed by atoms with E-state index in [0.29, 0.717) is 17.6 Å². The molecule has 5 rings (SSSR count). The molecule has 0 aromatic heterocycles. The van der Waals surface area contributed by atoms with Crippen molar-refractivity contribution in [3.8, 4) is 0 Å². The van der Waals surface area contributed by atoms with Crippen molar-refractivity contribution >= 4 is 28.9 Å². The minimum Gasteiger partial charge on any atom is -0.310 e. The molecule has 1 unspecified atom stereocenters. The van der Waals surface area contributed by atoms with Crippen LogP contribution in [-0.4, -0.2) is 55.8 Å². The van der Waals surface area contributed by atoms with Gasteiger partial charge in [0.15, 0.2) is 0 Å². The second-order valence-electron chi connectivity index (χ2n) is 8.81. The van der Waals surface area contributed by atoms with E-state index >= 15 is 0 Å². The molecule has 1 amide bonds. The van der Waals surface area contributed by atoms with Gasteiger partial charge in [-0.05, 0) is 36.7 Å². The average molecular weight is 473 g/mol. The molecule has 1 atom stereocenters. The number of nitrogens with zero attached hydrogens (tertiary/aromatic N) is 3. The maximum absolute atomic E-state index is 13.1. The van der Waals surface area contributed by atoms with E-state index in [9.17, 15) is 4.79 Å². The molecule has 0 radical (unpaired) electrons. The Labute approximate surface area is 206 Å². The molecule has 2 heterocycles. The van der Waals surface area contributed by atoms with Crippen molar-refractivity contribution in [2.24, 2.45) is 4.99 Å². The first-order chi connectivity index (χ1) is 16.7. The lowest BCUT2D eigenvalue weighted by Gasteiger charge is -2.34. The summed E-state index contributed by atoms with van der Waals surface area (Å²) in [6.45, 7) is 4.71. The number of piperazine rings is 1. The number of halogens is 1. The number of anilines is 1. The maximum atomic E-state index is 13.1. The summed E-state index contributed by atoms with van der Waals surface area (Å²) in [5, 5.41) is 4.27. The minimum atomic E-state index is 0.0250. The van der Waals surface area contributed by atoms with Gasteiger partial charge in [0, 0.05) is 48.4 Å². The standard InChI is InChI=1S/C28H29ClN4O/c29-23-12-13-26-24(18-23)28(22-10-5-2-6-11-22)31-19-27(34)33(26)16-7-15-32-17-14-30-25(20-32)21-8-3-1-4-9-21/h1-6,8-13,18,25,30H,7,14-17,19-20H2. The number of hydrogen-bond donors (Lipinski definition) is 1. The zero-order valence-electron chi connectivity index (χ0n) is 19.2. The third-order valence-corrected chi connectivity index (χ3v) is 6.78. The number of nitrogens with one attached hydrogen (secondary N) is 1. The Kier molecular flexibility index (Phi) is 7.05. The molecule has 34 heavy (non-hydrogen) atoms. The summed E-state index contributed by atoms with van der Waals surface area (Å²) < 4.78 is 0. The highest BCUT2D eigenvalue weighted by atomic mass is 35.5. The molecule has 174 valence electrons. The summed E-state index contributed by atoms with van der Waals surface area (Å²) >= 11 is 6.37. The molecular formula is C28H29ClN4O. The van der Waals surface area contributed by atoms with Crippen molar-refractivity contribution < 1.29 is 4.79 Å². The van der Waals surface area contributed by atoms with Crippen molar-refractivity contribution in [2.75, 3.05) is 44.2 Å². The van der Waals surface area contributed by atoms with Crippen LogP contribution in [0.4, 0.5) is 5.69 Å². The molecule has 3 aromatic rings. The minimum absolute atomic E-state index is 0.0250. The van der Waals surface area contributed by atoms with Crippen LogP contribution >= 0.6 is 11.6 Å². The molecule has 0 saturated carbocycles. The van der Waals surface area contributed by atoms with E-state index in [2.05, 4.69) is 40.5 Å². The normalized spacial score (nSPS) is 18.9. The summed E-state index contributed by atoms with van der Waals surface area (Å²) in [4.78, 5) is 22.2. The number of rotatable bonds is 6. The van der Waals surface area contributed by atoms with Gasteiger partial charge in [-0.15, -0.1) is 0 Å². The third kappa shape index (κ3) is 5.07. The van der Waals surface area contributed by atoms with E-state index in [1.807, 2.05) is 53.4 Å². The molecule has 1 saturated heterocycles. The molecule has 3 aromatic carbocycles. The van der Waals surface area contributed by atoms with Gasteiger partial charge < -0.3 is 15.1 Å². The van der Waals surface area contributed by atoms with Crippen molar-refractivity contribution in [1.29, 1.82) is 0 Å². The number of amides is 1. The molecule has 6 heteroatoms. The molecule has 2 aliphatic heterocycles. The van der Waals surface area contributed by atoms with Crippen LogP contribution in [0, 0.1) is 0 Å². The summed E-state index contributed by atoms with van der Waals surface area (Å²) in [7, 11) is 0. The van der Waals surface area contributed by atoms with Gasteiger partial charge in [0.05, 0.1) is 11.4 Å². The first kappa shape index (κ1) is 22.8. The fraction of sp³-hybridized carbons (Fsp3) is 0.286. The second-order valence-corrected chi connectivity index (χ2v) is 9.25. The predicted molar refractivity (Wildman–Crippen MR) is 139 cm³/mol. The number of benzodiazepines with no additional fused rings is 1. The fourth-order valence-electron chi connectivity index (χ4n) is 4.85. The van der Waals surface area contributed by atoms with Crippen molar-refractivity contribution in [3.05, 3.63) is 101 Å². The van der Waals surface area contributed by atoms with Crippen LogP contribution in [0.25, 0.3) is 0 Å². The van der Waals surface area contributed by atoms with E-state index in [0.717, 1.165) is 55.1 Å². The predicted octanol–water partition coefficient (Wildman–Crippen LogP) is 4.56. The van der Waals surface area contributed by atoms with Crippen LogP contribution in [0.5, 0.6) is 0 Å². The first-order valence-corrected chi connectivity index (χ1v) is 12.3. The van der Waals surface area contributed by atoms with E-state index in [1.54, 1.807) is 0 Å². The zero-order valence-corrected chi connectivity index (χ0v) is 19.9. The summed E-state index contributed by atoms with van der Waals surface area (Å²) in [6, 6.07) is 26.7. The number of benzene rings is 3. The van der Waals surface area contributed by atoms with Crippen LogP contribution in [-0.2, 0) is 4.79 Å². The molecule has 5 nitrogen and oxygen atoms in total. The quantitative estimate of drug-likeness (QED) is 0.572. The summed E-state index contributed by atoms with van der Waals surface area (Å²) in [6.07, 6.45) is 0.899. The van der Waals surface area contributed by atoms with Gasteiger partial charge in [-0.25, -0.2) is 0 Å². The lowest BCUT2D eigenvalue weighted by atomic mass is 10.00. The lowest BCUT2D eigenvalue weighted by Crippen LogP contribution is -2.46. The summed E-state index contributed by atoms with van der Waals surface area (Å²) in [5.41, 5.74) is 4.94. The fourth-order valence-corrected chi connectivity index (χ4v) is 5.02. The van der Waals surface area contributed by atoms with Gasteiger partial charge >= 0.3 is 0 Å². The Bertz CT molecular complexity index is 1170. The van der Waals surface area contributed by atoms with E-state index in [4.69, 9.17) is 16.6 Å². The highest BCUT2D eigenvalue weighted by Gasteiger charge is 2.26. The number of hydrogen-bond acceptors (Lipinski definition) is 4. The molecule has 2 aliphatic rings. The smallest absolute Gasteiger partial charge is 0.248 e. The van der Waals surface area contributed by atoms with Crippen LogP contribution in [0.3, 0.4) is 0 Å². The number of aliphatic imine (C=N–C) groups is 1. The molecule has 0 bridgehead atoms. The zero-order chi connectivity index (χ0) is 23.3. The molecule has 0 aliphatic carbocycles. The van der Waals surface area contributed by atoms with Gasteiger partial charge in [-0.3, -0.25) is 9.79 Å². The Morgan fingerprint density at radius 3 is 2.53 bits per heavy atom. The average Bonchev–Trinajstić information content (AvgIpc) is 3.01. The van der Waals surface area contributed by atoms with Gasteiger partial charge in [0.2, 0.25) is 5.91 Å². The van der Waals surface area contributed by atoms with E-state index in [1.165, 1.54) is 5.56 Å². The topological polar surface area (TPSA) is 47.9 Å². The number of carbonyl (C=O) groups excluding carboxylic acids is 1. The van der Waals surface area contributed by atoms with E-state index in [-0.39, 0.29) is 12.5 Å². The Balaban J connectivity index is 1.29. The van der Waals surface area contributed by atoms with Gasteiger partial charge in [-0.2, -0.15) is 0 Å². The van der Waals surface area contributed by atoms with Crippen molar-refractivity contribution in [1.82, 2.24) is 10.2 Å². The lowest BCUT2D eigenvalue weighted by molar-refractivity contribution is -0.117. The van der Waals surface area contributed by atoms with Crippen molar-refractivity contribution in [2.45, 2.75) is 12.5 Å². The van der Waals surface area contributed by atoms with Crippen LogP contribution in [0.2, 0.25) is 5.02 Å². The molecular weight excluding hydrogens is 444 g/mol. The SMILES string of the molecule is O=C1CN=C(c2ccccc2)c2cc(Cl)ccc2N1CCCN1CCNC(c2ccccc2)C1. The van der Waals surface area contributed by atoms with Gasteiger partial charge in [0.25, 0.3) is 0 Å². The third-order valence-electron chi connectivity index (χ3n) is 6.54. The first-order valence-electron chi connectivity index (χ1n) is 11.9. The van der Waals surface area contributed by atoms with Crippen LogP contribution in [0.15, 0.2) is 83.9 Å². The van der Waals surface area contributed by atoms with Crippen LogP contribution < -0.4 is 10.2 Å². The van der Waals surface area contributed by atoms with E-state index < -0.39 is 0 Å². The van der Waals surface area contributed by atoms with Crippen LogP contribution in [0.1, 0.15) is 29.2 Å². The van der Waals surface area contributed by atoms with Crippen molar-refractivity contribution in [3.63, 3.8) is 0 Å². The molecule has 1 fully saturated rings. The highest BCUT2D eigenvalue weighted by Crippen LogP contribution is 2.30. The Morgan fingerprint density at radius 1 is 0.971 bits per heavy atom. The monoisotopic (exact) mass is 472 g/mol.